The highest BCUT2D eigenvalue weighted by Gasteiger charge is 2.32. The molecule has 1 heterocycles. The van der Waals surface area contributed by atoms with Gasteiger partial charge in [0, 0.05) is 13.6 Å². The van der Waals surface area contributed by atoms with Crippen LogP contribution in [0.15, 0.2) is 48.5 Å². The van der Waals surface area contributed by atoms with Gasteiger partial charge < -0.3 is 15.1 Å². The summed E-state index contributed by atoms with van der Waals surface area (Å²) in [6.45, 7) is -0.0133. The van der Waals surface area contributed by atoms with Crippen molar-refractivity contribution in [2.75, 3.05) is 7.05 Å². The van der Waals surface area contributed by atoms with Crippen LogP contribution in [0.5, 0.6) is 0 Å². The molecule has 0 saturated heterocycles. The third-order valence-corrected chi connectivity index (χ3v) is 5.30. The van der Waals surface area contributed by atoms with Crippen LogP contribution in [-0.2, 0) is 17.5 Å². The molecule has 3 rings (SSSR count). The zero-order chi connectivity index (χ0) is 20.5. The fourth-order valence-electron chi connectivity index (χ4n) is 2.66. The summed E-state index contributed by atoms with van der Waals surface area (Å²) in [6.07, 6.45) is -7.67. The van der Waals surface area contributed by atoms with Crippen molar-refractivity contribution in [1.29, 1.82) is 0 Å². The number of thiazole rings is 1. The van der Waals surface area contributed by atoms with E-state index >= 15 is 0 Å². The van der Waals surface area contributed by atoms with Gasteiger partial charge in [-0.15, -0.1) is 11.3 Å². The van der Waals surface area contributed by atoms with E-state index in [4.69, 9.17) is 0 Å². The van der Waals surface area contributed by atoms with Gasteiger partial charge in [-0.25, -0.2) is 4.98 Å². The molecule has 0 fully saturated rings. The first kappa shape index (κ1) is 20.2. The molecule has 148 valence electrons. The van der Waals surface area contributed by atoms with Gasteiger partial charge in [0.15, 0.2) is 6.10 Å². The number of alkyl halides is 3. The van der Waals surface area contributed by atoms with Crippen molar-refractivity contribution in [1.82, 2.24) is 9.88 Å². The van der Waals surface area contributed by atoms with E-state index in [0.717, 1.165) is 21.7 Å². The summed E-state index contributed by atoms with van der Waals surface area (Å²) in [5, 5.41) is 20.8. The topological polar surface area (TPSA) is 73.7 Å². The van der Waals surface area contributed by atoms with Gasteiger partial charge in [-0.2, -0.15) is 13.2 Å². The number of benzene rings is 2. The maximum atomic E-state index is 12.6. The Balaban J connectivity index is 1.68. The van der Waals surface area contributed by atoms with E-state index in [1.807, 2.05) is 12.1 Å². The average Bonchev–Trinajstić information content (AvgIpc) is 3.10. The van der Waals surface area contributed by atoms with E-state index in [-0.39, 0.29) is 11.6 Å². The fraction of sp³-hybridized carbons (Fsp3) is 0.263. The highest BCUT2D eigenvalue weighted by molar-refractivity contribution is 7.18. The number of rotatable bonds is 5. The number of fused-ring (bicyclic) bond motifs is 1. The first-order chi connectivity index (χ1) is 13.2. The molecule has 0 saturated carbocycles. The molecule has 1 aromatic heterocycles. The second-order valence-corrected chi connectivity index (χ2v) is 7.36. The zero-order valence-electron chi connectivity index (χ0n) is 14.7. The third kappa shape index (κ3) is 4.32. The minimum absolute atomic E-state index is 0.0133. The van der Waals surface area contributed by atoms with E-state index in [0.29, 0.717) is 11.1 Å². The Kier molecular flexibility index (Phi) is 5.69. The summed E-state index contributed by atoms with van der Waals surface area (Å²) in [5.41, 5.74) is 0.335. The van der Waals surface area contributed by atoms with Crippen molar-refractivity contribution in [3.8, 4) is 0 Å². The lowest BCUT2D eigenvalue weighted by molar-refractivity contribution is -0.145. The van der Waals surface area contributed by atoms with Crippen LogP contribution >= 0.6 is 11.3 Å². The van der Waals surface area contributed by atoms with E-state index in [2.05, 4.69) is 4.98 Å². The molecular formula is C19H17F3N2O3S. The number of para-hydroxylation sites is 1. The maximum Gasteiger partial charge on any atom is 0.416 e. The summed E-state index contributed by atoms with van der Waals surface area (Å²) in [4.78, 5) is 17.8. The number of aliphatic hydroxyl groups excluding tert-OH is 2. The van der Waals surface area contributed by atoms with Gasteiger partial charge in [0.05, 0.1) is 15.8 Å². The van der Waals surface area contributed by atoms with Crippen LogP contribution in [0.25, 0.3) is 10.2 Å². The number of halogens is 3. The Hall–Kier alpha value is -2.49. The van der Waals surface area contributed by atoms with Crippen LogP contribution in [0, 0.1) is 0 Å². The predicted molar refractivity (Wildman–Crippen MR) is 98.5 cm³/mol. The van der Waals surface area contributed by atoms with Crippen molar-refractivity contribution in [3.05, 3.63) is 64.7 Å². The van der Waals surface area contributed by atoms with Crippen molar-refractivity contribution in [3.63, 3.8) is 0 Å². The lowest BCUT2D eigenvalue weighted by atomic mass is 10.1. The molecule has 0 spiro atoms. The number of hydrogen-bond acceptors (Lipinski definition) is 5. The second-order valence-electron chi connectivity index (χ2n) is 6.30. The van der Waals surface area contributed by atoms with E-state index < -0.39 is 29.9 Å². The maximum absolute atomic E-state index is 12.6. The van der Waals surface area contributed by atoms with E-state index in [9.17, 15) is 28.2 Å². The predicted octanol–water partition coefficient (Wildman–Crippen LogP) is 3.37. The number of nitrogens with zero attached hydrogens (tertiary/aromatic N) is 2. The Morgan fingerprint density at radius 1 is 1.14 bits per heavy atom. The number of hydrogen-bond donors (Lipinski definition) is 2. The fourth-order valence-corrected chi connectivity index (χ4v) is 3.65. The molecule has 1 amide bonds. The molecule has 0 aliphatic carbocycles. The van der Waals surface area contributed by atoms with Gasteiger partial charge in [-0.05, 0) is 29.8 Å². The molecular weight excluding hydrogens is 393 g/mol. The molecule has 2 N–H and O–H groups in total. The summed E-state index contributed by atoms with van der Waals surface area (Å²) in [6, 6.07) is 11.6. The number of carbonyl (C=O) groups excluding carboxylic acids is 1. The third-order valence-electron chi connectivity index (χ3n) is 4.19. The Labute approximate surface area is 162 Å². The minimum Gasteiger partial charge on any atom is -0.383 e. The summed E-state index contributed by atoms with van der Waals surface area (Å²) in [5.74, 6) is -0.758. The number of aliphatic hydroxyl groups is 2. The molecule has 0 aliphatic rings. The summed E-state index contributed by atoms with van der Waals surface area (Å²) >= 11 is 1.17. The smallest absolute Gasteiger partial charge is 0.383 e. The average molecular weight is 410 g/mol. The number of carbonyl (C=O) groups is 1. The zero-order valence-corrected chi connectivity index (χ0v) is 15.5. The number of likely N-dealkylation sites (N-methyl/N-ethyl adjacent to an activating group) is 1. The van der Waals surface area contributed by atoms with Crippen LogP contribution in [-0.4, -0.2) is 39.2 Å². The van der Waals surface area contributed by atoms with Gasteiger partial charge in [0.25, 0.3) is 5.91 Å². The lowest BCUT2D eigenvalue weighted by Crippen LogP contribution is -2.39. The standard InChI is InChI=1S/C19H17F3N2O3S/c1-24(10-11-6-8-12(9-7-11)19(20,21)22)18(27)16(26)15(25)17-23-13-4-2-3-5-14(13)28-17/h2-9,15-16,25-26H,10H2,1H3. The molecule has 0 aliphatic heterocycles. The SMILES string of the molecule is CN(Cc1ccc(C(F)(F)F)cc1)C(=O)C(O)C(O)c1nc2ccccc2s1. The van der Waals surface area contributed by atoms with Gasteiger partial charge in [-0.1, -0.05) is 24.3 Å². The summed E-state index contributed by atoms with van der Waals surface area (Å²) < 4.78 is 38.7. The molecule has 28 heavy (non-hydrogen) atoms. The molecule has 2 atom stereocenters. The molecule has 5 nitrogen and oxygen atoms in total. The van der Waals surface area contributed by atoms with Crippen LogP contribution in [0.3, 0.4) is 0 Å². The minimum atomic E-state index is -4.43. The monoisotopic (exact) mass is 410 g/mol. The van der Waals surface area contributed by atoms with Gasteiger partial charge in [0.1, 0.15) is 11.1 Å². The van der Waals surface area contributed by atoms with Crippen LogP contribution < -0.4 is 0 Å². The van der Waals surface area contributed by atoms with Crippen LogP contribution in [0.4, 0.5) is 13.2 Å². The highest BCUT2D eigenvalue weighted by atomic mass is 32.1. The molecule has 0 bridgehead atoms. The van der Waals surface area contributed by atoms with Crippen LogP contribution in [0.1, 0.15) is 22.2 Å². The molecule has 2 aromatic carbocycles. The number of amides is 1. The first-order valence-electron chi connectivity index (χ1n) is 8.29. The van der Waals surface area contributed by atoms with Gasteiger partial charge >= 0.3 is 6.18 Å². The second kappa shape index (κ2) is 7.86. The van der Waals surface area contributed by atoms with Gasteiger partial charge in [-0.3, -0.25) is 4.79 Å². The Morgan fingerprint density at radius 2 is 1.79 bits per heavy atom. The van der Waals surface area contributed by atoms with Crippen molar-refractivity contribution in [2.45, 2.75) is 24.9 Å². The lowest BCUT2D eigenvalue weighted by Gasteiger charge is -2.23. The normalized spacial score (nSPS) is 14.1. The van der Waals surface area contributed by atoms with E-state index in [1.165, 1.54) is 30.5 Å². The first-order valence-corrected chi connectivity index (χ1v) is 9.11. The quantitative estimate of drug-likeness (QED) is 0.677. The van der Waals surface area contributed by atoms with Crippen molar-refractivity contribution in [2.24, 2.45) is 0 Å². The van der Waals surface area contributed by atoms with Crippen molar-refractivity contribution < 1.29 is 28.2 Å². The van der Waals surface area contributed by atoms with Gasteiger partial charge in [0.2, 0.25) is 0 Å². The Bertz CT molecular complexity index is 939. The molecule has 9 heteroatoms. The molecule has 0 radical (unpaired) electrons. The van der Waals surface area contributed by atoms with Crippen molar-refractivity contribution >= 4 is 27.5 Å². The van der Waals surface area contributed by atoms with Crippen LogP contribution in [0.2, 0.25) is 0 Å². The molecule has 2 unspecified atom stereocenters. The molecule has 3 aromatic rings. The van der Waals surface area contributed by atoms with E-state index in [1.54, 1.807) is 12.1 Å². The Morgan fingerprint density at radius 3 is 2.39 bits per heavy atom. The summed E-state index contributed by atoms with van der Waals surface area (Å²) in [7, 11) is 1.40. The largest absolute Gasteiger partial charge is 0.416 e. The number of aromatic nitrogens is 1. The highest BCUT2D eigenvalue weighted by Crippen LogP contribution is 2.30.